The minimum atomic E-state index is 0.116. The van der Waals surface area contributed by atoms with Gasteiger partial charge in [0, 0.05) is 12.5 Å². The Labute approximate surface area is 79.7 Å². The molecule has 13 heavy (non-hydrogen) atoms. The monoisotopic (exact) mass is 182 g/mol. The van der Waals surface area contributed by atoms with Crippen molar-refractivity contribution >= 4 is 6.29 Å². The van der Waals surface area contributed by atoms with E-state index in [4.69, 9.17) is 4.74 Å². The molecule has 0 radical (unpaired) electrons. The first kappa shape index (κ1) is 9.20. The van der Waals surface area contributed by atoms with Crippen molar-refractivity contribution in [2.75, 3.05) is 6.61 Å². The zero-order valence-electron chi connectivity index (χ0n) is 8.29. The van der Waals surface area contributed by atoms with Crippen LogP contribution >= 0.6 is 0 Å². The van der Waals surface area contributed by atoms with Gasteiger partial charge in [-0.05, 0) is 31.6 Å². The molecular formula is C11H18O2. The molecule has 1 heterocycles. The summed E-state index contributed by atoms with van der Waals surface area (Å²) in [4.78, 5) is 10.7. The second-order valence-electron chi connectivity index (χ2n) is 4.60. The zero-order chi connectivity index (χ0) is 9.31. The van der Waals surface area contributed by atoms with Crippen molar-refractivity contribution < 1.29 is 9.53 Å². The Hall–Kier alpha value is -0.370. The number of aldehydes is 1. The molecule has 1 spiro atoms. The molecule has 0 aromatic rings. The third kappa shape index (κ3) is 1.64. The van der Waals surface area contributed by atoms with Gasteiger partial charge >= 0.3 is 0 Å². The van der Waals surface area contributed by atoms with Crippen LogP contribution < -0.4 is 0 Å². The molecule has 1 saturated heterocycles. The molecule has 1 unspecified atom stereocenters. The highest BCUT2D eigenvalue weighted by atomic mass is 16.5. The van der Waals surface area contributed by atoms with Crippen molar-refractivity contribution in [1.82, 2.24) is 0 Å². The largest absolute Gasteiger partial charge is 0.375 e. The number of carbonyl (C=O) groups is 1. The molecule has 1 saturated carbocycles. The van der Waals surface area contributed by atoms with E-state index >= 15 is 0 Å². The van der Waals surface area contributed by atoms with Gasteiger partial charge in [-0.1, -0.05) is 13.3 Å². The molecule has 0 bridgehead atoms. The lowest BCUT2D eigenvalue weighted by Crippen LogP contribution is -2.50. The molecule has 1 aliphatic carbocycles. The Morgan fingerprint density at radius 1 is 1.46 bits per heavy atom. The third-order valence-electron chi connectivity index (χ3n) is 3.62. The molecule has 2 fully saturated rings. The summed E-state index contributed by atoms with van der Waals surface area (Å²) in [6.07, 6.45) is 6.66. The van der Waals surface area contributed by atoms with Crippen molar-refractivity contribution in [2.45, 2.75) is 44.6 Å². The van der Waals surface area contributed by atoms with E-state index in [1.165, 1.54) is 19.3 Å². The Kier molecular flexibility index (Phi) is 2.41. The summed E-state index contributed by atoms with van der Waals surface area (Å²) in [5.41, 5.74) is 0.116. The van der Waals surface area contributed by atoms with E-state index in [0.717, 1.165) is 31.7 Å². The van der Waals surface area contributed by atoms with Crippen molar-refractivity contribution in [3.05, 3.63) is 0 Å². The summed E-state index contributed by atoms with van der Waals surface area (Å²) in [6, 6.07) is 0. The van der Waals surface area contributed by atoms with Crippen LogP contribution in [-0.2, 0) is 9.53 Å². The van der Waals surface area contributed by atoms with Gasteiger partial charge in [0.2, 0.25) is 0 Å². The van der Waals surface area contributed by atoms with Crippen molar-refractivity contribution in [3.8, 4) is 0 Å². The Balaban J connectivity index is 1.90. The quantitative estimate of drug-likeness (QED) is 0.612. The molecule has 0 amide bonds. The maximum absolute atomic E-state index is 10.7. The zero-order valence-corrected chi connectivity index (χ0v) is 8.29. The van der Waals surface area contributed by atoms with Crippen LogP contribution in [0.1, 0.15) is 39.0 Å². The average molecular weight is 182 g/mol. The van der Waals surface area contributed by atoms with Gasteiger partial charge in [0.05, 0.1) is 5.60 Å². The molecule has 2 heteroatoms. The van der Waals surface area contributed by atoms with Crippen LogP contribution in [0.2, 0.25) is 0 Å². The molecule has 1 aliphatic heterocycles. The van der Waals surface area contributed by atoms with Gasteiger partial charge in [0.1, 0.15) is 6.29 Å². The van der Waals surface area contributed by atoms with Crippen molar-refractivity contribution in [1.29, 1.82) is 0 Å². The fraction of sp³-hybridized carbons (Fsp3) is 0.909. The number of hydrogen-bond acceptors (Lipinski definition) is 2. The Bertz CT molecular complexity index is 194. The van der Waals surface area contributed by atoms with Crippen LogP contribution in [0, 0.1) is 11.8 Å². The highest BCUT2D eigenvalue weighted by Gasteiger charge is 2.47. The predicted octanol–water partition coefficient (Wildman–Crippen LogP) is 2.17. The normalized spacial score (nSPS) is 44.4. The lowest BCUT2D eigenvalue weighted by Gasteiger charge is -2.50. The molecule has 2 rings (SSSR count). The van der Waals surface area contributed by atoms with Crippen LogP contribution in [0.5, 0.6) is 0 Å². The van der Waals surface area contributed by atoms with E-state index in [0.29, 0.717) is 0 Å². The number of ether oxygens (including phenoxy) is 1. The van der Waals surface area contributed by atoms with E-state index in [1.54, 1.807) is 0 Å². The van der Waals surface area contributed by atoms with E-state index in [9.17, 15) is 4.79 Å². The molecule has 74 valence electrons. The third-order valence-corrected chi connectivity index (χ3v) is 3.62. The van der Waals surface area contributed by atoms with E-state index in [1.807, 2.05) is 0 Å². The standard InChI is InChI=1S/C11H18O2/c1-2-9-5-11(6-9)7-10(8-12)3-4-13-11/h8-10H,2-7H2,1H3. The van der Waals surface area contributed by atoms with E-state index < -0.39 is 0 Å². The van der Waals surface area contributed by atoms with E-state index in [2.05, 4.69) is 6.92 Å². The first-order valence-corrected chi connectivity index (χ1v) is 5.37. The molecule has 1 atom stereocenters. The lowest BCUT2D eigenvalue weighted by atomic mass is 9.65. The number of hydrogen-bond donors (Lipinski definition) is 0. The molecule has 0 N–H and O–H groups in total. The van der Waals surface area contributed by atoms with Gasteiger partial charge in [-0.15, -0.1) is 0 Å². The molecular weight excluding hydrogens is 164 g/mol. The molecule has 0 aromatic heterocycles. The summed E-state index contributed by atoms with van der Waals surface area (Å²) in [5, 5.41) is 0. The van der Waals surface area contributed by atoms with Gasteiger partial charge < -0.3 is 9.53 Å². The van der Waals surface area contributed by atoms with Gasteiger partial charge in [-0.25, -0.2) is 0 Å². The molecule has 2 nitrogen and oxygen atoms in total. The smallest absolute Gasteiger partial charge is 0.123 e. The summed E-state index contributed by atoms with van der Waals surface area (Å²) >= 11 is 0. The van der Waals surface area contributed by atoms with Crippen LogP contribution in [0.3, 0.4) is 0 Å². The summed E-state index contributed by atoms with van der Waals surface area (Å²) in [7, 11) is 0. The summed E-state index contributed by atoms with van der Waals surface area (Å²) in [6.45, 7) is 3.03. The van der Waals surface area contributed by atoms with Gasteiger partial charge in [-0.2, -0.15) is 0 Å². The first-order valence-electron chi connectivity index (χ1n) is 5.37. The first-order chi connectivity index (χ1) is 6.28. The van der Waals surface area contributed by atoms with Crippen molar-refractivity contribution in [2.24, 2.45) is 11.8 Å². The van der Waals surface area contributed by atoms with Gasteiger partial charge in [0.15, 0.2) is 0 Å². The molecule has 2 aliphatic rings. The highest BCUT2D eigenvalue weighted by molar-refractivity contribution is 5.54. The Morgan fingerprint density at radius 3 is 2.85 bits per heavy atom. The minimum absolute atomic E-state index is 0.116. The van der Waals surface area contributed by atoms with Crippen LogP contribution in [0.25, 0.3) is 0 Å². The van der Waals surface area contributed by atoms with Gasteiger partial charge in [-0.3, -0.25) is 0 Å². The lowest BCUT2D eigenvalue weighted by molar-refractivity contribution is -0.169. The predicted molar refractivity (Wildman–Crippen MR) is 50.5 cm³/mol. The van der Waals surface area contributed by atoms with Crippen LogP contribution in [-0.4, -0.2) is 18.5 Å². The second kappa shape index (κ2) is 3.41. The number of carbonyl (C=O) groups excluding carboxylic acids is 1. The number of rotatable bonds is 2. The fourth-order valence-electron chi connectivity index (χ4n) is 2.75. The second-order valence-corrected chi connectivity index (χ2v) is 4.60. The fourth-order valence-corrected chi connectivity index (χ4v) is 2.75. The van der Waals surface area contributed by atoms with Gasteiger partial charge in [0.25, 0.3) is 0 Å². The SMILES string of the molecule is CCC1CC2(CC(C=O)CCO2)C1. The van der Waals surface area contributed by atoms with E-state index in [-0.39, 0.29) is 11.5 Å². The minimum Gasteiger partial charge on any atom is -0.375 e. The van der Waals surface area contributed by atoms with Crippen LogP contribution in [0.4, 0.5) is 0 Å². The van der Waals surface area contributed by atoms with Crippen LogP contribution in [0.15, 0.2) is 0 Å². The Morgan fingerprint density at radius 2 is 2.23 bits per heavy atom. The topological polar surface area (TPSA) is 26.3 Å². The summed E-state index contributed by atoms with van der Waals surface area (Å²) < 4.78 is 5.81. The van der Waals surface area contributed by atoms with Crippen molar-refractivity contribution in [3.63, 3.8) is 0 Å². The maximum Gasteiger partial charge on any atom is 0.123 e. The summed E-state index contributed by atoms with van der Waals surface area (Å²) in [5.74, 6) is 1.12. The molecule has 0 aromatic carbocycles. The highest BCUT2D eigenvalue weighted by Crippen LogP contribution is 2.48. The average Bonchev–Trinajstić information content (AvgIpc) is 2.14. The maximum atomic E-state index is 10.7.